The second-order valence-corrected chi connectivity index (χ2v) is 8.01. The van der Waals surface area contributed by atoms with Gasteiger partial charge in [0.2, 0.25) is 16.0 Å². The highest BCUT2D eigenvalue weighted by Gasteiger charge is 2.25. The van der Waals surface area contributed by atoms with Gasteiger partial charge in [0.1, 0.15) is 16.5 Å². The lowest BCUT2D eigenvalue weighted by Crippen LogP contribution is -2.39. The van der Waals surface area contributed by atoms with Crippen molar-refractivity contribution in [2.45, 2.75) is 17.7 Å². The van der Waals surface area contributed by atoms with Crippen molar-refractivity contribution in [3.8, 4) is 5.75 Å². The number of nitrogens with zero attached hydrogens (tertiary/aromatic N) is 3. The predicted octanol–water partition coefficient (Wildman–Crippen LogP) is 1.96. The normalized spacial score (nSPS) is 15.7. The number of benzene rings is 1. The minimum Gasteiger partial charge on any atom is -0.495 e. The molecule has 146 valence electrons. The molecule has 2 aromatic rings. The smallest absolute Gasteiger partial charge is 0.244 e. The minimum absolute atomic E-state index is 0.0900. The highest BCUT2D eigenvalue weighted by Crippen LogP contribution is 2.25. The van der Waals surface area contributed by atoms with E-state index in [0.29, 0.717) is 19.0 Å². The van der Waals surface area contributed by atoms with E-state index in [1.54, 1.807) is 0 Å². The molecular formula is C17H20F2N4O3S. The zero-order valence-corrected chi connectivity index (χ0v) is 15.5. The fourth-order valence-corrected chi connectivity index (χ4v) is 4.27. The molecule has 0 atom stereocenters. The summed E-state index contributed by atoms with van der Waals surface area (Å²) in [5, 5.41) is 0. The number of hydrogen-bond acceptors (Lipinski definition) is 6. The number of anilines is 1. The van der Waals surface area contributed by atoms with Gasteiger partial charge in [0.15, 0.2) is 5.82 Å². The SMILES string of the molecule is COc1ccc(F)cc1S(=O)(=O)NCC1CCN(c2ncc(F)cn2)CC1. The number of nitrogens with one attached hydrogen (secondary N) is 1. The standard InChI is InChI=1S/C17H20F2N4O3S/c1-26-15-3-2-13(18)8-16(15)27(24,25)22-9-12-4-6-23(7-5-12)17-20-10-14(19)11-21-17/h2-3,8,10-12,22H,4-7,9H2,1H3. The summed E-state index contributed by atoms with van der Waals surface area (Å²) < 4.78 is 58.9. The predicted molar refractivity (Wildman–Crippen MR) is 95.1 cm³/mol. The maximum Gasteiger partial charge on any atom is 0.244 e. The van der Waals surface area contributed by atoms with E-state index in [-0.39, 0.29) is 23.1 Å². The average Bonchev–Trinajstić information content (AvgIpc) is 2.67. The van der Waals surface area contributed by atoms with Crippen LogP contribution in [0.5, 0.6) is 5.75 Å². The van der Waals surface area contributed by atoms with Crippen LogP contribution in [-0.2, 0) is 10.0 Å². The molecule has 1 aromatic carbocycles. The monoisotopic (exact) mass is 398 g/mol. The Hall–Kier alpha value is -2.33. The zero-order chi connectivity index (χ0) is 19.4. The molecule has 10 heteroatoms. The van der Waals surface area contributed by atoms with Crippen LogP contribution in [-0.4, -0.2) is 45.1 Å². The van der Waals surface area contributed by atoms with E-state index in [0.717, 1.165) is 37.4 Å². The van der Waals surface area contributed by atoms with Crippen molar-refractivity contribution >= 4 is 16.0 Å². The van der Waals surface area contributed by atoms with Gasteiger partial charge in [-0.25, -0.2) is 31.9 Å². The lowest BCUT2D eigenvalue weighted by atomic mass is 9.97. The third-order valence-electron chi connectivity index (χ3n) is 4.48. The van der Waals surface area contributed by atoms with E-state index in [1.807, 2.05) is 4.90 Å². The van der Waals surface area contributed by atoms with E-state index in [1.165, 1.54) is 13.2 Å². The van der Waals surface area contributed by atoms with Crippen LogP contribution in [0.25, 0.3) is 0 Å². The summed E-state index contributed by atoms with van der Waals surface area (Å²) in [6.07, 6.45) is 3.69. The van der Waals surface area contributed by atoms with E-state index < -0.39 is 21.7 Å². The van der Waals surface area contributed by atoms with Gasteiger partial charge in [-0.05, 0) is 37.0 Å². The van der Waals surface area contributed by atoms with Crippen molar-refractivity contribution in [2.24, 2.45) is 5.92 Å². The molecule has 27 heavy (non-hydrogen) atoms. The van der Waals surface area contributed by atoms with E-state index in [2.05, 4.69) is 14.7 Å². The lowest BCUT2D eigenvalue weighted by Gasteiger charge is -2.31. The Kier molecular flexibility index (Phi) is 5.85. The number of halogens is 2. The fourth-order valence-electron chi connectivity index (χ4n) is 2.97. The van der Waals surface area contributed by atoms with Gasteiger partial charge in [-0.2, -0.15) is 0 Å². The van der Waals surface area contributed by atoms with Crippen LogP contribution in [0.2, 0.25) is 0 Å². The Bertz CT molecular complexity index is 886. The average molecular weight is 398 g/mol. The van der Waals surface area contributed by atoms with Crippen molar-refractivity contribution in [2.75, 3.05) is 31.6 Å². The number of aromatic nitrogens is 2. The summed E-state index contributed by atoms with van der Waals surface area (Å²) in [6, 6.07) is 3.37. The molecule has 1 aromatic heterocycles. The molecule has 0 aliphatic carbocycles. The molecule has 1 saturated heterocycles. The summed E-state index contributed by atoms with van der Waals surface area (Å²) in [7, 11) is -2.56. The Morgan fingerprint density at radius 1 is 1.19 bits per heavy atom. The van der Waals surface area contributed by atoms with Crippen LogP contribution in [0.1, 0.15) is 12.8 Å². The molecule has 0 amide bonds. The maximum absolute atomic E-state index is 13.4. The molecule has 1 N–H and O–H groups in total. The summed E-state index contributed by atoms with van der Waals surface area (Å²) in [5.41, 5.74) is 0. The van der Waals surface area contributed by atoms with Crippen molar-refractivity contribution in [3.63, 3.8) is 0 Å². The summed E-state index contributed by atoms with van der Waals surface area (Å²) in [5.74, 6) is -0.470. The van der Waals surface area contributed by atoms with Gasteiger partial charge in [-0.15, -0.1) is 0 Å². The molecule has 1 fully saturated rings. The number of rotatable bonds is 6. The summed E-state index contributed by atoms with van der Waals surface area (Å²) >= 11 is 0. The van der Waals surface area contributed by atoms with Gasteiger partial charge in [-0.3, -0.25) is 0 Å². The maximum atomic E-state index is 13.4. The largest absolute Gasteiger partial charge is 0.495 e. The molecule has 0 unspecified atom stereocenters. The highest BCUT2D eigenvalue weighted by molar-refractivity contribution is 7.89. The molecule has 0 saturated carbocycles. The van der Waals surface area contributed by atoms with Crippen LogP contribution in [0.3, 0.4) is 0 Å². The first-order chi connectivity index (χ1) is 12.9. The van der Waals surface area contributed by atoms with Crippen molar-refractivity contribution in [1.29, 1.82) is 0 Å². The molecule has 7 nitrogen and oxygen atoms in total. The molecule has 1 aliphatic heterocycles. The number of ether oxygens (including phenoxy) is 1. The molecule has 2 heterocycles. The lowest BCUT2D eigenvalue weighted by molar-refractivity contribution is 0.393. The number of piperidine rings is 1. The van der Waals surface area contributed by atoms with Crippen molar-refractivity contribution in [3.05, 3.63) is 42.2 Å². The van der Waals surface area contributed by atoms with E-state index in [9.17, 15) is 17.2 Å². The molecule has 0 radical (unpaired) electrons. The van der Waals surface area contributed by atoms with E-state index >= 15 is 0 Å². The first-order valence-electron chi connectivity index (χ1n) is 8.45. The molecule has 1 aliphatic rings. The molecule has 3 rings (SSSR count). The third-order valence-corrected chi connectivity index (χ3v) is 5.93. The van der Waals surface area contributed by atoms with Crippen molar-refractivity contribution < 1.29 is 21.9 Å². The topological polar surface area (TPSA) is 84.4 Å². The number of hydrogen-bond donors (Lipinski definition) is 1. The minimum atomic E-state index is -3.89. The van der Waals surface area contributed by atoms with Crippen LogP contribution < -0.4 is 14.4 Å². The summed E-state index contributed by atoms with van der Waals surface area (Å²) in [6.45, 7) is 1.52. The van der Waals surface area contributed by atoms with Gasteiger partial charge in [0, 0.05) is 19.6 Å². The second-order valence-electron chi connectivity index (χ2n) is 6.28. The third kappa shape index (κ3) is 4.69. The van der Waals surface area contributed by atoms with Crippen molar-refractivity contribution in [1.82, 2.24) is 14.7 Å². The highest BCUT2D eigenvalue weighted by atomic mass is 32.2. The van der Waals surface area contributed by atoms with Crippen LogP contribution in [0.15, 0.2) is 35.5 Å². The van der Waals surface area contributed by atoms with Gasteiger partial charge < -0.3 is 9.64 Å². The van der Waals surface area contributed by atoms with Gasteiger partial charge in [-0.1, -0.05) is 0 Å². The Balaban J connectivity index is 1.58. The zero-order valence-electron chi connectivity index (χ0n) is 14.7. The van der Waals surface area contributed by atoms with Crippen LogP contribution in [0.4, 0.5) is 14.7 Å². The Morgan fingerprint density at radius 2 is 1.85 bits per heavy atom. The summed E-state index contributed by atoms with van der Waals surface area (Å²) in [4.78, 5) is 9.63. The Morgan fingerprint density at radius 3 is 2.48 bits per heavy atom. The van der Waals surface area contributed by atoms with E-state index in [4.69, 9.17) is 4.74 Å². The quantitative estimate of drug-likeness (QED) is 0.801. The van der Waals surface area contributed by atoms with Gasteiger partial charge >= 0.3 is 0 Å². The second kappa shape index (κ2) is 8.13. The molecule has 0 spiro atoms. The Labute approximate surface area is 156 Å². The fraction of sp³-hybridized carbons (Fsp3) is 0.412. The number of methoxy groups -OCH3 is 1. The first kappa shape index (κ1) is 19.4. The van der Waals surface area contributed by atoms with Crippen LogP contribution in [0, 0.1) is 17.6 Å². The molecule has 0 bridgehead atoms. The first-order valence-corrected chi connectivity index (χ1v) is 9.93. The molecular weight excluding hydrogens is 378 g/mol. The van der Waals surface area contributed by atoms with Crippen LogP contribution >= 0.6 is 0 Å². The van der Waals surface area contributed by atoms with Gasteiger partial charge in [0.25, 0.3) is 0 Å². The number of sulfonamides is 1. The van der Waals surface area contributed by atoms with Gasteiger partial charge in [0.05, 0.1) is 19.5 Å².